The van der Waals surface area contributed by atoms with Crippen molar-refractivity contribution in [3.05, 3.63) is 0 Å². The molecule has 0 heterocycles. The Balaban J connectivity index is 4.44. The standard InChI is InChI=1S/C28H59N/c1-6-9-12-15-18-21-24-27-28(29(4)5,25-22-19-16-13-10-7-2)26-23-20-17-14-11-8-3/h6-27H2,1-5H3. The molecule has 0 aromatic heterocycles. The van der Waals surface area contributed by atoms with E-state index in [0.29, 0.717) is 5.54 Å². The molecule has 0 rings (SSSR count). The second kappa shape index (κ2) is 21.2. The average molecular weight is 410 g/mol. The molecule has 0 atom stereocenters. The van der Waals surface area contributed by atoms with E-state index >= 15 is 0 Å². The molecule has 0 fully saturated rings. The van der Waals surface area contributed by atoms with Gasteiger partial charge < -0.3 is 4.90 Å². The summed E-state index contributed by atoms with van der Waals surface area (Å²) in [6, 6.07) is 0. The van der Waals surface area contributed by atoms with Crippen LogP contribution in [-0.4, -0.2) is 24.5 Å². The molecule has 0 aliphatic rings. The van der Waals surface area contributed by atoms with Crippen molar-refractivity contribution in [3.63, 3.8) is 0 Å². The highest BCUT2D eigenvalue weighted by Gasteiger charge is 2.30. The molecule has 0 N–H and O–H groups in total. The molecule has 0 aromatic carbocycles. The molecule has 176 valence electrons. The van der Waals surface area contributed by atoms with Gasteiger partial charge >= 0.3 is 0 Å². The first-order chi connectivity index (χ1) is 14.1. The van der Waals surface area contributed by atoms with Crippen LogP contribution in [-0.2, 0) is 0 Å². The van der Waals surface area contributed by atoms with Crippen molar-refractivity contribution in [2.24, 2.45) is 0 Å². The van der Waals surface area contributed by atoms with Crippen LogP contribution in [0.2, 0.25) is 0 Å². The largest absolute Gasteiger partial charge is 0.304 e. The van der Waals surface area contributed by atoms with Crippen LogP contribution in [0.1, 0.15) is 162 Å². The third-order valence-electron chi connectivity index (χ3n) is 7.19. The first-order valence-corrected chi connectivity index (χ1v) is 13.8. The predicted octanol–water partition coefficient (Wildman–Crippen LogP) is 9.93. The van der Waals surface area contributed by atoms with Gasteiger partial charge in [0.05, 0.1) is 0 Å². The molecule has 0 saturated carbocycles. The van der Waals surface area contributed by atoms with Gasteiger partial charge in [-0.25, -0.2) is 0 Å². The Hall–Kier alpha value is -0.0400. The van der Waals surface area contributed by atoms with E-state index in [4.69, 9.17) is 0 Å². The van der Waals surface area contributed by atoms with Gasteiger partial charge in [0.15, 0.2) is 0 Å². The summed E-state index contributed by atoms with van der Waals surface area (Å²) in [6.07, 6.45) is 31.5. The fourth-order valence-corrected chi connectivity index (χ4v) is 4.93. The van der Waals surface area contributed by atoms with E-state index in [0.717, 1.165) is 0 Å². The number of nitrogens with zero attached hydrogens (tertiary/aromatic N) is 1. The molecular weight excluding hydrogens is 350 g/mol. The minimum atomic E-state index is 0.471. The molecule has 0 saturated heterocycles. The molecule has 29 heavy (non-hydrogen) atoms. The van der Waals surface area contributed by atoms with Crippen molar-refractivity contribution in [2.75, 3.05) is 14.1 Å². The van der Waals surface area contributed by atoms with Gasteiger partial charge in [0.2, 0.25) is 0 Å². The summed E-state index contributed by atoms with van der Waals surface area (Å²) in [7, 11) is 4.74. The van der Waals surface area contributed by atoms with E-state index in [1.807, 2.05) is 0 Å². The van der Waals surface area contributed by atoms with Gasteiger partial charge in [-0.3, -0.25) is 0 Å². The Labute approximate surface area is 186 Å². The second-order valence-corrected chi connectivity index (χ2v) is 10.0. The van der Waals surface area contributed by atoms with Crippen LogP contribution in [0.3, 0.4) is 0 Å². The monoisotopic (exact) mass is 409 g/mol. The lowest BCUT2D eigenvalue weighted by atomic mass is 9.80. The Morgan fingerprint density at radius 3 is 0.862 bits per heavy atom. The van der Waals surface area contributed by atoms with Gasteiger partial charge in [-0.15, -0.1) is 0 Å². The topological polar surface area (TPSA) is 3.24 Å². The minimum absolute atomic E-state index is 0.471. The Morgan fingerprint density at radius 1 is 0.379 bits per heavy atom. The second-order valence-electron chi connectivity index (χ2n) is 10.0. The molecule has 0 aromatic rings. The minimum Gasteiger partial charge on any atom is -0.304 e. The highest BCUT2D eigenvalue weighted by atomic mass is 15.1. The summed E-state index contributed by atoms with van der Waals surface area (Å²) in [4.78, 5) is 2.63. The lowest BCUT2D eigenvalue weighted by molar-refractivity contribution is 0.104. The molecule has 0 radical (unpaired) electrons. The van der Waals surface area contributed by atoms with E-state index < -0.39 is 0 Å². The van der Waals surface area contributed by atoms with Gasteiger partial charge in [0.25, 0.3) is 0 Å². The summed E-state index contributed by atoms with van der Waals surface area (Å²) in [5, 5.41) is 0. The predicted molar refractivity (Wildman–Crippen MR) is 135 cm³/mol. The number of unbranched alkanes of at least 4 members (excludes halogenated alkanes) is 16. The van der Waals surface area contributed by atoms with Gasteiger partial charge in [0, 0.05) is 5.54 Å². The van der Waals surface area contributed by atoms with Gasteiger partial charge in [-0.2, -0.15) is 0 Å². The van der Waals surface area contributed by atoms with Gasteiger partial charge in [0.1, 0.15) is 0 Å². The maximum absolute atomic E-state index is 2.63. The molecule has 0 amide bonds. The summed E-state index contributed by atoms with van der Waals surface area (Å²) >= 11 is 0. The third-order valence-corrected chi connectivity index (χ3v) is 7.19. The molecule has 0 unspecified atom stereocenters. The zero-order valence-corrected chi connectivity index (χ0v) is 21.5. The molecular formula is C28H59N. The summed E-state index contributed by atoms with van der Waals surface area (Å²) in [5.74, 6) is 0. The van der Waals surface area contributed by atoms with Crippen molar-refractivity contribution in [3.8, 4) is 0 Å². The van der Waals surface area contributed by atoms with Crippen LogP contribution in [0.4, 0.5) is 0 Å². The number of hydrogen-bond acceptors (Lipinski definition) is 1. The van der Waals surface area contributed by atoms with Crippen molar-refractivity contribution >= 4 is 0 Å². The molecule has 0 bridgehead atoms. The fraction of sp³-hybridized carbons (Fsp3) is 1.00. The van der Waals surface area contributed by atoms with E-state index in [9.17, 15) is 0 Å². The zero-order valence-electron chi connectivity index (χ0n) is 21.5. The highest BCUT2D eigenvalue weighted by molar-refractivity contribution is 4.88. The average Bonchev–Trinajstić information content (AvgIpc) is 2.71. The number of rotatable bonds is 23. The van der Waals surface area contributed by atoms with Crippen LogP contribution in [0.25, 0.3) is 0 Å². The fourth-order valence-electron chi connectivity index (χ4n) is 4.93. The molecule has 0 spiro atoms. The van der Waals surface area contributed by atoms with Crippen LogP contribution >= 0.6 is 0 Å². The first kappa shape index (κ1) is 29.0. The van der Waals surface area contributed by atoms with Crippen molar-refractivity contribution in [1.29, 1.82) is 0 Å². The smallest absolute Gasteiger partial charge is 0.0203 e. The Bertz CT molecular complexity index is 293. The van der Waals surface area contributed by atoms with Crippen molar-refractivity contribution in [2.45, 2.75) is 168 Å². The number of hydrogen-bond donors (Lipinski definition) is 0. The first-order valence-electron chi connectivity index (χ1n) is 13.8. The van der Waals surface area contributed by atoms with E-state index in [1.165, 1.54) is 141 Å². The SMILES string of the molecule is CCCCCCCCCC(CCCCCCCC)(CCCCCCCC)N(C)C. The summed E-state index contributed by atoms with van der Waals surface area (Å²) < 4.78 is 0. The van der Waals surface area contributed by atoms with Crippen LogP contribution in [0, 0.1) is 0 Å². The molecule has 1 nitrogen and oxygen atoms in total. The lowest BCUT2D eigenvalue weighted by Crippen LogP contribution is -2.44. The summed E-state index contributed by atoms with van der Waals surface area (Å²) in [6.45, 7) is 6.95. The third kappa shape index (κ3) is 16.3. The maximum Gasteiger partial charge on any atom is 0.0203 e. The van der Waals surface area contributed by atoms with Gasteiger partial charge in [-0.05, 0) is 33.4 Å². The normalized spacial score (nSPS) is 12.2. The van der Waals surface area contributed by atoms with E-state index in [2.05, 4.69) is 39.8 Å². The van der Waals surface area contributed by atoms with E-state index in [-0.39, 0.29) is 0 Å². The zero-order chi connectivity index (χ0) is 21.6. The quantitative estimate of drug-likeness (QED) is 0.152. The Kier molecular flexibility index (Phi) is 21.2. The van der Waals surface area contributed by atoms with Gasteiger partial charge in [-0.1, -0.05) is 143 Å². The summed E-state index contributed by atoms with van der Waals surface area (Å²) in [5.41, 5.74) is 0.471. The molecule has 1 heteroatoms. The van der Waals surface area contributed by atoms with Crippen molar-refractivity contribution < 1.29 is 0 Å². The van der Waals surface area contributed by atoms with E-state index in [1.54, 1.807) is 0 Å². The van der Waals surface area contributed by atoms with Crippen molar-refractivity contribution in [1.82, 2.24) is 4.90 Å². The van der Waals surface area contributed by atoms with Crippen LogP contribution < -0.4 is 0 Å². The molecule has 0 aliphatic carbocycles. The van der Waals surface area contributed by atoms with Crippen LogP contribution in [0.5, 0.6) is 0 Å². The maximum atomic E-state index is 2.63. The van der Waals surface area contributed by atoms with Crippen LogP contribution in [0.15, 0.2) is 0 Å². The Morgan fingerprint density at radius 2 is 0.621 bits per heavy atom. The highest BCUT2D eigenvalue weighted by Crippen LogP contribution is 2.33. The molecule has 0 aliphatic heterocycles. The lowest BCUT2D eigenvalue weighted by Gasteiger charge is -2.41.